The van der Waals surface area contributed by atoms with Gasteiger partial charge in [0.25, 0.3) is 0 Å². The Bertz CT molecular complexity index is 1030. The molecule has 0 saturated heterocycles. The molecule has 0 unspecified atom stereocenters. The van der Waals surface area contributed by atoms with E-state index in [1.807, 2.05) is 0 Å². The molecule has 2 aliphatic carbocycles. The van der Waals surface area contributed by atoms with E-state index < -0.39 is 0 Å². The molecule has 2 heterocycles. The van der Waals surface area contributed by atoms with Crippen molar-refractivity contribution in [1.82, 2.24) is 0 Å². The van der Waals surface area contributed by atoms with E-state index in [4.69, 9.17) is 0 Å². The van der Waals surface area contributed by atoms with Gasteiger partial charge >= 0.3 is 0 Å². The average Bonchev–Trinajstić information content (AvgIpc) is 3.33. The molecule has 0 spiro atoms. The fourth-order valence-corrected chi connectivity index (χ4v) is 7.01. The first-order chi connectivity index (χ1) is 15.6. The van der Waals surface area contributed by atoms with Crippen molar-refractivity contribution >= 4 is 44.5 Å². The van der Waals surface area contributed by atoms with Crippen molar-refractivity contribution in [1.29, 1.82) is 10.5 Å². The van der Waals surface area contributed by atoms with Crippen LogP contribution < -0.4 is 10.6 Å². The van der Waals surface area contributed by atoms with Crippen molar-refractivity contribution in [3.63, 3.8) is 0 Å². The highest BCUT2D eigenvalue weighted by molar-refractivity contribution is 7.17. The minimum atomic E-state index is -0.113. The van der Waals surface area contributed by atoms with E-state index in [0.717, 1.165) is 62.5 Å². The Labute approximate surface area is 196 Å². The molecule has 2 N–H and O–H groups in total. The van der Waals surface area contributed by atoms with Crippen LogP contribution in [0, 0.1) is 22.7 Å². The van der Waals surface area contributed by atoms with Crippen molar-refractivity contribution in [3.05, 3.63) is 32.0 Å². The second-order valence-electron chi connectivity index (χ2n) is 8.36. The number of rotatable bonds is 7. The first-order valence-corrected chi connectivity index (χ1v) is 12.9. The summed E-state index contributed by atoms with van der Waals surface area (Å²) >= 11 is 3.06. The number of carbonyl (C=O) groups excluding carboxylic acids is 2. The zero-order chi connectivity index (χ0) is 22.5. The molecule has 166 valence electrons. The van der Waals surface area contributed by atoms with Crippen molar-refractivity contribution < 1.29 is 9.59 Å². The highest BCUT2D eigenvalue weighted by atomic mass is 32.1. The Morgan fingerprint density at radius 2 is 1.12 bits per heavy atom. The average molecular weight is 467 g/mol. The lowest BCUT2D eigenvalue weighted by molar-refractivity contribution is -0.118. The number of fused-ring (bicyclic) bond motifs is 2. The summed E-state index contributed by atoms with van der Waals surface area (Å²) in [5.41, 5.74) is 3.49. The number of carbonyl (C=O) groups is 2. The summed E-state index contributed by atoms with van der Waals surface area (Å²) in [6.45, 7) is 0. The van der Waals surface area contributed by atoms with Gasteiger partial charge < -0.3 is 10.6 Å². The van der Waals surface area contributed by atoms with Crippen LogP contribution in [0.2, 0.25) is 0 Å². The molecule has 0 fully saturated rings. The Hall–Kier alpha value is -2.68. The maximum absolute atomic E-state index is 12.4. The number of nitrogens with zero attached hydrogens (tertiary/aromatic N) is 2. The smallest absolute Gasteiger partial charge is 0.225 e. The SMILES string of the molecule is N#Cc1c(NC(=O)CCCCC(=O)Nc2sc3c(c2C#N)CCCC3)sc2c1CCCC2. The normalized spacial score (nSPS) is 14.6. The topological polar surface area (TPSA) is 106 Å². The summed E-state index contributed by atoms with van der Waals surface area (Å²) in [5, 5.41) is 26.2. The van der Waals surface area contributed by atoms with Crippen LogP contribution in [-0.2, 0) is 35.3 Å². The first-order valence-electron chi connectivity index (χ1n) is 11.3. The molecular weight excluding hydrogens is 440 g/mol. The molecule has 32 heavy (non-hydrogen) atoms. The maximum Gasteiger partial charge on any atom is 0.225 e. The van der Waals surface area contributed by atoms with Crippen LogP contribution in [0.5, 0.6) is 0 Å². The third-order valence-electron chi connectivity index (χ3n) is 6.13. The number of hydrogen-bond acceptors (Lipinski definition) is 6. The second-order valence-corrected chi connectivity index (χ2v) is 10.6. The second kappa shape index (κ2) is 10.3. The molecule has 0 atom stereocenters. The van der Waals surface area contributed by atoms with Crippen LogP contribution in [0.1, 0.15) is 83.4 Å². The van der Waals surface area contributed by atoms with Gasteiger partial charge in [-0.1, -0.05) is 0 Å². The lowest BCUT2D eigenvalue weighted by Gasteiger charge is -2.09. The Morgan fingerprint density at radius 3 is 1.53 bits per heavy atom. The predicted molar refractivity (Wildman–Crippen MR) is 127 cm³/mol. The van der Waals surface area contributed by atoms with Gasteiger partial charge in [0.15, 0.2) is 0 Å². The number of hydrogen-bond donors (Lipinski definition) is 2. The van der Waals surface area contributed by atoms with Gasteiger partial charge in [-0.3, -0.25) is 9.59 Å². The number of unbranched alkanes of at least 4 members (excludes halogenated alkanes) is 1. The van der Waals surface area contributed by atoms with Crippen LogP contribution in [0.3, 0.4) is 0 Å². The molecule has 0 saturated carbocycles. The number of amides is 2. The fraction of sp³-hybridized carbons (Fsp3) is 0.500. The number of nitrogens with one attached hydrogen (secondary N) is 2. The third-order valence-corrected chi connectivity index (χ3v) is 8.54. The van der Waals surface area contributed by atoms with E-state index in [2.05, 4.69) is 22.8 Å². The van der Waals surface area contributed by atoms with Crippen LogP contribution in [0.25, 0.3) is 0 Å². The highest BCUT2D eigenvalue weighted by Crippen LogP contribution is 2.38. The van der Waals surface area contributed by atoms with E-state index in [-0.39, 0.29) is 11.8 Å². The molecule has 0 bridgehead atoms. The van der Waals surface area contributed by atoms with Crippen LogP contribution in [0.15, 0.2) is 0 Å². The largest absolute Gasteiger partial charge is 0.317 e. The summed E-state index contributed by atoms with van der Waals surface area (Å²) in [6.07, 6.45) is 10.1. The molecule has 0 aromatic carbocycles. The summed E-state index contributed by atoms with van der Waals surface area (Å²) < 4.78 is 0. The zero-order valence-corrected chi connectivity index (χ0v) is 19.6. The number of thiophene rings is 2. The van der Waals surface area contributed by atoms with E-state index in [1.165, 1.54) is 32.4 Å². The minimum Gasteiger partial charge on any atom is -0.317 e. The fourth-order valence-electron chi connectivity index (χ4n) is 4.49. The predicted octanol–water partition coefficient (Wildman–Crippen LogP) is 5.45. The summed E-state index contributed by atoms with van der Waals surface area (Å²) in [4.78, 5) is 27.2. The summed E-state index contributed by atoms with van der Waals surface area (Å²) in [7, 11) is 0. The van der Waals surface area contributed by atoms with Gasteiger partial charge in [0, 0.05) is 22.6 Å². The molecular formula is C24H26N4O2S2. The minimum absolute atomic E-state index is 0.113. The lowest BCUT2D eigenvalue weighted by Crippen LogP contribution is -2.13. The van der Waals surface area contributed by atoms with Gasteiger partial charge in [-0.15, -0.1) is 22.7 Å². The molecule has 8 heteroatoms. The van der Waals surface area contributed by atoms with Gasteiger partial charge in [0.1, 0.15) is 22.1 Å². The molecule has 0 radical (unpaired) electrons. The molecule has 2 aromatic heterocycles. The van der Waals surface area contributed by atoms with Crippen LogP contribution in [0.4, 0.5) is 10.0 Å². The van der Waals surface area contributed by atoms with Gasteiger partial charge in [0.05, 0.1) is 11.1 Å². The molecule has 6 nitrogen and oxygen atoms in total. The standard InChI is InChI=1S/C24H26N4O2S2/c25-13-17-15-7-1-3-9-19(15)31-23(17)27-21(29)11-5-6-12-22(30)28-24-18(14-26)16-8-2-4-10-20(16)32-24/h1-12H2,(H,27,29)(H,28,30). The zero-order valence-electron chi connectivity index (χ0n) is 18.0. The van der Waals surface area contributed by atoms with Gasteiger partial charge in [-0.2, -0.15) is 10.5 Å². The molecule has 2 aliphatic rings. The van der Waals surface area contributed by atoms with Crippen molar-refractivity contribution in [2.45, 2.75) is 77.0 Å². The van der Waals surface area contributed by atoms with E-state index >= 15 is 0 Å². The van der Waals surface area contributed by atoms with Crippen molar-refractivity contribution in [3.8, 4) is 12.1 Å². The van der Waals surface area contributed by atoms with Crippen LogP contribution in [-0.4, -0.2) is 11.8 Å². The van der Waals surface area contributed by atoms with Gasteiger partial charge in [0.2, 0.25) is 11.8 Å². The maximum atomic E-state index is 12.4. The van der Waals surface area contributed by atoms with Gasteiger partial charge in [-0.05, 0) is 75.3 Å². The summed E-state index contributed by atoms with van der Waals surface area (Å²) in [6, 6.07) is 4.52. The molecule has 0 aliphatic heterocycles. The Kier molecular flexibility index (Phi) is 7.24. The lowest BCUT2D eigenvalue weighted by atomic mass is 9.96. The third kappa shape index (κ3) is 4.87. The molecule has 2 amide bonds. The summed E-state index contributed by atoms with van der Waals surface area (Å²) in [5.74, 6) is -0.226. The Balaban J connectivity index is 1.24. The van der Waals surface area contributed by atoms with Gasteiger partial charge in [-0.25, -0.2) is 0 Å². The van der Waals surface area contributed by atoms with E-state index in [0.29, 0.717) is 46.8 Å². The molecule has 4 rings (SSSR count). The first kappa shape index (κ1) is 22.5. The van der Waals surface area contributed by atoms with E-state index in [1.54, 1.807) is 0 Å². The van der Waals surface area contributed by atoms with E-state index in [9.17, 15) is 20.1 Å². The van der Waals surface area contributed by atoms with Crippen LogP contribution >= 0.6 is 22.7 Å². The van der Waals surface area contributed by atoms with Crippen molar-refractivity contribution in [2.75, 3.05) is 10.6 Å². The number of nitriles is 2. The number of aryl methyl sites for hydroxylation is 2. The number of anilines is 2. The Morgan fingerprint density at radius 1 is 0.719 bits per heavy atom. The molecule has 2 aromatic rings. The monoisotopic (exact) mass is 466 g/mol. The highest BCUT2D eigenvalue weighted by Gasteiger charge is 2.23. The quantitative estimate of drug-likeness (QED) is 0.529. The van der Waals surface area contributed by atoms with Crippen molar-refractivity contribution in [2.24, 2.45) is 0 Å².